The van der Waals surface area contributed by atoms with Crippen molar-refractivity contribution in [3.05, 3.63) is 0 Å². The molecule has 0 aromatic carbocycles. The average molecular weight is 1080 g/mol. The van der Waals surface area contributed by atoms with Crippen LogP contribution in [0.5, 0.6) is 0 Å². The Morgan fingerprint density at radius 2 is 0.842 bits per heavy atom. The van der Waals surface area contributed by atoms with Crippen LogP contribution in [0, 0.1) is 35.5 Å². The van der Waals surface area contributed by atoms with E-state index >= 15 is 0 Å². The first kappa shape index (κ1) is 67.7. The van der Waals surface area contributed by atoms with Crippen LogP contribution in [-0.4, -0.2) is 216 Å². The fourth-order valence-electron chi connectivity index (χ4n) is 9.12. The van der Waals surface area contributed by atoms with Gasteiger partial charge in [-0.3, -0.25) is 53.4 Å². The van der Waals surface area contributed by atoms with Crippen molar-refractivity contribution in [2.45, 2.75) is 171 Å². The summed E-state index contributed by atoms with van der Waals surface area (Å²) in [6.45, 7) is 23.6. The number of rotatable bonds is 10. The highest BCUT2D eigenvalue weighted by atomic mass is 16.5. The fraction of sp³-hybridized carbons (Fsp3) is 0.769. The first-order chi connectivity index (χ1) is 34.9. The van der Waals surface area contributed by atoms with Gasteiger partial charge in [-0.15, -0.1) is 0 Å². The quantitative estimate of drug-likeness (QED) is 0.179. The summed E-state index contributed by atoms with van der Waals surface area (Å²) in [5.41, 5.74) is 0. The van der Waals surface area contributed by atoms with E-state index in [1.807, 2.05) is 46.9 Å². The van der Waals surface area contributed by atoms with Gasteiger partial charge in [0.25, 0.3) is 11.8 Å². The van der Waals surface area contributed by atoms with E-state index in [9.17, 15) is 57.5 Å². The molecule has 9 atom stereocenters. The summed E-state index contributed by atoms with van der Waals surface area (Å²) in [7, 11) is 9.80. The van der Waals surface area contributed by atoms with Crippen LogP contribution in [0.1, 0.15) is 116 Å². The lowest BCUT2D eigenvalue weighted by molar-refractivity contribution is -0.156. The van der Waals surface area contributed by atoms with Crippen LogP contribution < -0.4 is 21.3 Å². The molecule has 1 heterocycles. The molecule has 76 heavy (non-hydrogen) atoms. The van der Waals surface area contributed by atoms with E-state index in [1.54, 1.807) is 41.5 Å². The summed E-state index contributed by atoms with van der Waals surface area (Å²) in [5, 5.41) is 10.0. The van der Waals surface area contributed by atoms with Crippen molar-refractivity contribution in [3.8, 4) is 0 Å². The average Bonchev–Trinajstić information content (AvgIpc) is 3.32. The maximum Gasteiger partial charge on any atom is 0.338 e. The van der Waals surface area contributed by atoms with Gasteiger partial charge in [0, 0.05) is 49.3 Å². The number of likely N-dealkylation sites (N-methyl/N-ethyl adjacent to an activating group) is 7. The van der Waals surface area contributed by atoms with E-state index in [-0.39, 0.29) is 37.0 Å². The van der Waals surface area contributed by atoms with Crippen LogP contribution in [0.2, 0.25) is 0 Å². The van der Waals surface area contributed by atoms with E-state index in [0.717, 1.165) is 31.0 Å². The summed E-state index contributed by atoms with van der Waals surface area (Å²) in [4.78, 5) is 177. The highest BCUT2D eigenvalue weighted by Crippen LogP contribution is 2.24. The van der Waals surface area contributed by atoms with Gasteiger partial charge in [0.1, 0.15) is 48.3 Å². The number of hydrogen-bond donors (Lipinski definition) is 4. The van der Waals surface area contributed by atoms with Gasteiger partial charge in [0.2, 0.25) is 47.4 Å². The molecule has 0 spiro atoms. The molecule has 0 aromatic rings. The summed E-state index contributed by atoms with van der Waals surface area (Å²) in [5.74, 6) is -10.6. The Morgan fingerprint density at radius 1 is 0.434 bits per heavy atom. The Hall–Kier alpha value is -6.36. The third-order valence-corrected chi connectivity index (χ3v) is 13.6. The summed E-state index contributed by atoms with van der Waals surface area (Å²) >= 11 is 0. The molecule has 0 bridgehead atoms. The number of urea groups is 2. The van der Waals surface area contributed by atoms with Crippen LogP contribution in [0.25, 0.3) is 0 Å². The van der Waals surface area contributed by atoms with Crippen molar-refractivity contribution in [2.24, 2.45) is 35.5 Å². The summed E-state index contributed by atoms with van der Waals surface area (Å²) in [6, 6.07) is -14.7. The standard InChI is InChI=1S/C52H91N11O13/c1-26(2)23-34-42(65)53-32(13)41(64)54-33(14)44(67)58(16)35(24-27(3)4)45(68)59(17)36(25-28(5)6)46(69)61(19)39(31(11)12)48(71)63(21)52(75)56-51(74)62(20)40(50(73)76-22)49(72)60(18)38(30(9)10)43(66)55-37(29(7)8)47(70)57(34)15/h26-40H,23-25H2,1-22H3,(H,53,65)(H,54,64)(H,55,66)(H,56,74,75)/t32-,33?,34-,35-,36+,37-,38+,39+,40?/m1/s1. The predicted molar refractivity (Wildman–Crippen MR) is 283 cm³/mol. The number of imide groups is 2. The van der Waals surface area contributed by atoms with Crippen LogP contribution >= 0.6 is 0 Å². The Balaban J connectivity index is 4.19. The molecule has 1 rings (SSSR count). The number of nitrogens with zero attached hydrogens (tertiary/aromatic N) is 7. The van der Waals surface area contributed by atoms with Gasteiger partial charge in [-0.1, -0.05) is 83.1 Å². The van der Waals surface area contributed by atoms with Gasteiger partial charge < -0.3 is 50.1 Å². The normalized spacial score (nSPS) is 26.3. The highest BCUT2D eigenvalue weighted by molar-refractivity contribution is 6.09. The number of carbonyl (C=O) groups excluding carboxylic acids is 12. The topological polar surface area (TPSA) is 285 Å². The number of nitrogens with one attached hydrogen (secondary N) is 4. The number of carbonyl (C=O) groups is 12. The van der Waals surface area contributed by atoms with Crippen molar-refractivity contribution in [1.82, 2.24) is 55.6 Å². The molecule has 0 aromatic heterocycles. The van der Waals surface area contributed by atoms with Crippen molar-refractivity contribution >= 4 is 71.2 Å². The summed E-state index contributed by atoms with van der Waals surface area (Å²) < 4.78 is 4.91. The molecule has 432 valence electrons. The van der Waals surface area contributed by atoms with Gasteiger partial charge in [0.15, 0.2) is 0 Å². The zero-order valence-corrected chi connectivity index (χ0v) is 49.2. The van der Waals surface area contributed by atoms with E-state index in [0.29, 0.717) is 9.80 Å². The van der Waals surface area contributed by atoms with Crippen LogP contribution in [0.4, 0.5) is 9.59 Å². The SMILES string of the molecule is COC(=O)C1C(=O)N(C)[C@@H](C(C)C)C(=O)N[C@H](C(C)C)C(=O)N(C)[C@H](CC(C)C)C(=O)N[C@H](C)C(=O)NC(C)C(=O)N(C)[C@H](CC(C)C)C(=O)N(C)[C@@H](CC(C)C)C(=O)N(C)[C@@H](C(C)C)C(=O)N(C)C(=O)NC(=O)N1C. The second-order valence-corrected chi connectivity index (χ2v) is 22.4. The Labute approximate surface area is 450 Å². The molecule has 2 unspecified atom stereocenters. The zero-order chi connectivity index (χ0) is 59.3. The Kier molecular flexibility index (Phi) is 26.0. The second kappa shape index (κ2) is 29.2. The molecule has 24 heteroatoms. The first-order valence-electron chi connectivity index (χ1n) is 26.1. The lowest BCUT2D eigenvalue weighted by Crippen LogP contribution is -2.63. The third-order valence-electron chi connectivity index (χ3n) is 13.6. The molecule has 4 N–H and O–H groups in total. The molecule has 0 saturated carbocycles. The van der Waals surface area contributed by atoms with Crippen molar-refractivity contribution in [2.75, 3.05) is 56.4 Å². The second-order valence-electron chi connectivity index (χ2n) is 22.4. The lowest BCUT2D eigenvalue weighted by Gasteiger charge is -2.40. The predicted octanol–water partition coefficient (Wildman–Crippen LogP) is 1.50. The van der Waals surface area contributed by atoms with Gasteiger partial charge in [-0.05, 0) is 68.6 Å². The van der Waals surface area contributed by atoms with Crippen molar-refractivity contribution in [3.63, 3.8) is 0 Å². The fourth-order valence-corrected chi connectivity index (χ4v) is 9.12. The van der Waals surface area contributed by atoms with Gasteiger partial charge in [0.05, 0.1) is 7.11 Å². The lowest BCUT2D eigenvalue weighted by atomic mass is 9.95. The number of methoxy groups -OCH3 is 1. The molecule has 0 radical (unpaired) electrons. The smallest absolute Gasteiger partial charge is 0.338 e. The highest BCUT2D eigenvalue weighted by Gasteiger charge is 2.45. The van der Waals surface area contributed by atoms with E-state index in [1.165, 1.54) is 63.8 Å². The molecule has 13 amide bonds. The Bertz CT molecular complexity index is 2130. The summed E-state index contributed by atoms with van der Waals surface area (Å²) in [6.07, 6.45) is 0.382. The van der Waals surface area contributed by atoms with Gasteiger partial charge in [-0.25, -0.2) is 14.4 Å². The number of hydrogen-bond acceptors (Lipinski definition) is 13. The number of amides is 13. The molecule has 0 aliphatic carbocycles. The minimum Gasteiger partial charge on any atom is -0.467 e. The molecular weight excluding hydrogens is 987 g/mol. The first-order valence-corrected chi connectivity index (χ1v) is 26.1. The maximum absolute atomic E-state index is 14.7. The molecule has 1 aliphatic rings. The Morgan fingerprint density at radius 3 is 1.28 bits per heavy atom. The molecule has 1 saturated heterocycles. The zero-order valence-electron chi connectivity index (χ0n) is 49.2. The van der Waals surface area contributed by atoms with Crippen LogP contribution in [-0.2, 0) is 52.7 Å². The number of esters is 1. The number of ether oxygens (including phenoxy) is 1. The van der Waals surface area contributed by atoms with E-state index in [2.05, 4.69) is 16.0 Å². The molecule has 24 nitrogen and oxygen atoms in total. The van der Waals surface area contributed by atoms with E-state index in [4.69, 9.17) is 4.74 Å². The molecule has 1 aliphatic heterocycles. The molecular formula is C52H91N11O13. The van der Waals surface area contributed by atoms with E-state index < -0.39 is 143 Å². The van der Waals surface area contributed by atoms with Gasteiger partial charge in [-0.2, -0.15) is 0 Å². The van der Waals surface area contributed by atoms with Gasteiger partial charge >= 0.3 is 18.0 Å². The van der Waals surface area contributed by atoms with Crippen LogP contribution in [0.15, 0.2) is 0 Å². The minimum atomic E-state index is -2.10. The largest absolute Gasteiger partial charge is 0.467 e. The van der Waals surface area contributed by atoms with Crippen LogP contribution in [0.3, 0.4) is 0 Å². The molecule has 1 fully saturated rings. The van der Waals surface area contributed by atoms with Crippen molar-refractivity contribution < 1.29 is 62.3 Å². The monoisotopic (exact) mass is 1080 g/mol. The third kappa shape index (κ3) is 17.3. The minimum absolute atomic E-state index is 0.113. The maximum atomic E-state index is 14.7. The van der Waals surface area contributed by atoms with Crippen molar-refractivity contribution in [1.29, 1.82) is 0 Å².